The van der Waals surface area contributed by atoms with Gasteiger partial charge in [-0.05, 0) is 13.8 Å². The summed E-state index contributed by atoms with van der Waals surface area (Å²) in [4.78, 5) is 10.8. The van der Waals surface area contributed by atoms with E-state index in [-0.39, 0.29) is 18.8 Å². The average Bonchev–Trinajstić information content (AvgIpc) is 3.19. The number of aromatic nitrogens is 5. The number of aliphatic hydroxyl groups excluding tert-OH is 1. The van der Waals surface area contributed by atoms with Crippen molar-refractivity contribution in [2.24, 2.45) is 7.05 Å². The minimum atomic E-state index is -0.255. The van der Waals surface area contributed by atoms with Crippen molar-refractivity contribution in [3.63, 3.8) is 0 Å². The van der Waals surface area contributed by atoms with Gasteiger partial charge in [0.25, 0.3) is 0 Å². The van der Waals surface area contributed by atoms with E-state index in [1.54, 1.807) is 11.7 Å². The van der Waals surface area contributed by atoms with E-state index in [9.17, 15) is 5.11 Å². The monoisotopic (exact) mass is 378 g/mol. The van der Waals surface area contributed by atoms with E-state index in [4.69, 9.17) is 20.9 Å². The molecule has 3 aromatic heterocycles. The third-order valence-electron chi connectivity index (χ3n) is 4.40. The summed E-state index contributed by atoms with van der Waals surface area (Å²) >= 11 is 6.66. The van der Waals surface area contributed by atoms with Gasteiger partial charge < -0.3 is 19.3 Å². The number of fused-ring (bicyclic) bond motifs is 1. The van der Waals surface area contributed by atoms with E-state index in [1.807, 2.05) is 13.8 Å². The molecule has 1 fully saturated rings. The molecule has 138 valence electrons. The van der Waals surface area contributed by atoms with Crippen LogP contribution in [0.15, 0.2) is 10.9 Å². The molecule has 0 radical (unpaired) electrons. The second-order valence-electron chi connectivity index (χ2n) is 6.46. The molecule has 10 heteroatoms. The number of hydrogen-bond donors (Lipinski definition) is 1. The van der Waals surface area contributed by atoms with Crippen LogP contribution in [0.5, 0.6) is 0 Å². The lowest BCUT2D eigenvalue weighted by atomic mass is 10.1. The molecule has 0 aromatic carbocycles. The maximum atomic E-state index is 9.92. The molecule has 0 bridgehead atoms. The van der Waals surface area contributed by atoms with Gasteiger partial charge in [0.2, 0.25) is 5.58 Å². The number of anilines is 1. The quantitative estimate of drug-likeness (QED) is 0.735. The summed E-state index contributed by atoms with van der Waals surface area (Å²) in [6.45, 7) is 5.04. The van der Waals surface area contributed by atoms with Crippen LogP contribution in [0.25, 0.3) is 22.6 Å². The van der Waals surface area contributed by atoms with Crippen LogP contribution in [-0.4, -0.2) is 55.3 Å². The average molecular weight is 379 g/mol. The highest BCUT2D eigenvalue weighted by Gasteiger charge is 2.30. The molecule has 3 aromatic rings. The number of aryl methyl sites for hydroxylation is 1. The standard InChI is InChI=1S/C16H19ClN6O3/c1-8-4-23(5-9(2)25-8)14-10(6-24)20-12-13(16-18-7-19-22(16)3)21-26-15(12)11(14)17/h7-9,24H,4-6H2,1-3H3/t8-,9+. The van der Waals surface area contributed by atoms with E-state index >= 15 is 0 Å². The fourth-order valence-electron chi connectivity index (χ4n) is 3.40. The van der Waals surface area contributed by atoms with Crippen LogP contribution in [0, 0.1) is 0 Å². The van der Waals surface area contributed by atoms with Crippen molar-refractivity contribution in [1.29, 1.82) is 0 Å². The van der Waals surface area contributed by atoms with Gasteiger partial charge in [-0.25, -0.2) is 14.6 Å². The summed E-state index contributed by atoms with van der Waals surface area (Å²) in [5, 5.41) is 18.4. The first-order valence-electron chi connectivity index (χ1n) is 8.33. The Morgan fingerprint density at radius 3 is 2.65 bits per heavy atom. The Labute approximate surface area is 154 Å². The summed E-state index contributed by atoms with van der Waals surface area (Å²) in [6.07, 6.45) is 1.51. The third-order valence-corrected chi connectivity index (χ3v) is 4.75. The number of ether oxygens (including phenoxy) is 1. The van der Waals surface area contributed by atoms with Crippen molar-refractivity contribution in [1.82, 2.24) is 24.9 Å². The summed E-state index contributed by atoms with van der Waals surface area (Å²) < 4.78 is 12.8. The zero-order chi connectivity index (χ0) is 18.4. The van der Waals surface area contributed by atoms with Gasteiger partial charge in [0.1, 0.15) is 16.9 Å². The van der Waals surface area contributed by atoms with Gasteiger partial charge in [-0.1, -0.05) is 16.8 Å². The summed E-state index contributed by atoms with van der Waals surface area (Å²) in [5.74, 6) is 0.512. The van der Waals surface area contributed by atoms with Crippen LogP contribution in [0.1, 0.15) is 19.5 Å². The zero-order valence-corrected chi connectivity index (χ0v) is 15.4. The summed E-state index contributed by atoms with van der Waals surface area (Å²) in [6, 6.07) is 0. The Hall–Kier alpha value is -2.23. The Kier molecular flexibility index (Phi) is 4.29. The summed E-state index contributed by atoms with van der Waals surface area (Å²) in [5.41, 5.74) is 2.38. The van der Waals surface area contributed by atoms with E-state index in [1.165, 1.54) is 6.33 Å². The minimum absolute atomic E-state index is 0.0426. The number of halogens is 1. The first kappa shape index (κ1) is 17.2. The molecule has 1 aliphatic heterocycles. The lowest BCUT2D eigenvalue weighted by Crippen LogP contribution is -2.46. The molecule has 0 aliphatic carbocycles. The van der Waals surface area contributed by atoms with Crippen LogP contribution in [0.4, 0.5) is 5.69 Å². The van der Waals surface area contributed by atoms with Gasteiger partial charge in [0, 0.05) is 20.1 Å². The number of pyridine rings is 1. The predicted octanol–water partition coefficient (Wildman–Crippen LogP) is 1.78. The molecule has 4 rings (SSSR count). The molecule has 0 spiro atoms. The van der Waals surface area contributed by atoms with Crippen LogP contribution in [0.3, 0.4) is 0 Å². The smallest absolute Gasteiger partial charge is 0.206 e. The molecule has 4 heterocycles. The molecular weight excluding hydrogens is 360 g/mol. The predicted molar refractivity (Wildman–Crippen MR) is 95.0 cm³/mol. The summed E-state index contributed by atoms with van der Waals surface area (Å²) in [7, 11) is 1.75. The van der Waals surface area contributed by atoms with Crippen LogP contribution >= 0.6 is 11.6 Å². The number of aliphatic hydroxyl groups is 1. The van der Waals surface area contributed by atoms with Crippen LogP contribution < -0.4 is 4.90 Å². The van der Waals surface area contributed by atoms with E-state index in [2.05, 4.69) is 25.1 Å². The van der Waals surface area contributed by atoms with Gasteiger partial charge in [-0.3, -0.25) is 0 Å². The first-order chi connectivity index (χ1) is 12.5. The van der Waals surface area contributed by atoms with Crippen molar-refractivity contribution < 1.29 is 14.4 Å². The van der Waals surface area contributed by atoms with Gasteiger partial charge >= 0.3 is 0 Å². The molecule has 26 heavy (non-hydrogen) atoms. The fourth-order valence-corrected chi connectivity index (χ4v) is 3.76. The maximum Gasteiger partial charge on any atom is 0.206 e. The second kappa shape index (κ2) is 6.49. The molecular formula is C16H19ClN6O3. The van der Waals surface area contributed by atoms with Crippen LogP contribution in [0.2, 0.25) is 5.02 Å². The van der Waals surface area contributed by atoms with Crippen LogP contribution in [-0.2, 0) is 18.4 Å². The Morgan fingerprint density at radius 1 is 1.31 bits per heavy atom. The molecule has 9 nitrogen and oxygen atoms in total. The first-order valence-corrected chi connectivity index (χ1v) is 8.70. The molecule has 1 saturated heterocycles. The normalized spacial score (nSPS) is 20.9. The highest BCUT2D eigenvalue weighted by atomic mass is 35.5. The van der Waals surface area contributed by atoms with Crippen molar-refractivity contribution in [2.45, 2.75) is 32.7 Å². The van der Waals surface area contributed by atoms with Gasteiger partial charge in [-0.2, -0.15) is 5.10 Å². The lowest BCUT2D eigenvalue weighted by Gasteiger charge is -2.37. The molecule has 1 aliphatic rings. The number of rotatable bonds is 3. The maximum absolute atomic E-state index is 9.92. The minimum Gasteiger partial charge on any atom is -0.390 e. The van der Waals surface area contributed by atoms with E-state index in [0.29, 0.717) is 52.1 Å². The highest BCUT2D eigenvalue weighted by molar-refractivity contribution is 6.37. The Morgan fingerprint density at radius 2 is 2.04 bits per heavy atom. The SMILES string of the molecule is C[C@@H]1CN(c2c(CO)nc3c(-c4ncnn4C)noc3c2Cl)C[C@H](C)O1. The largest absolute Gasteiger partial charge is 0.390 e. The van der Waals surface area contributed by atoms with E-state index in [0.717, 1.165) is 0 Å². The van der Waals surface area contributed by atoms with Gasteiger partial charge in [0.15, 0.2) is 11.5 Å². The topological polar surface area (TPSA) is 102 Å². The van der Waals surface area contributed by atoms with Crippen molar-refractivity contribution in [2.75, 3.05) is 18.0 Å². The highest BCUT2D eigenvalue weighted by Crippen LogP contribution is 2.39. The molecule has 0 amide bonds. The fraction of sp³-hybridized carbons (Fsp3) is 0.500. The van der Waals surface area contributed by atoms with E-state index < -0.39 is 0 Å². The van der Waals surface area contributed by atoms with Crippen molar-refractivity contribution in [3.05, 3.63) is 17.0 Å². The van der Waals surface area contributed by atoms with Crippen molar-refractivity contribution >= 4 is 28.4 Å². The molecule has 1 N–H and O–H groups in total. The zero-order valence-electron chi connectivity index (χ0n) is 14.7. The number of nitrogens with zero attached hydrogens (tertiary/aromatic N) is 6. The molecule has 0 saturated carbocycles. The second-order valence-corrected chi connectivity index (χ2v) is 6.84. The molecule has 0 unspecified atom stereocenters. The number of hydrogen-bond acceptors (Lipinski definition) is 8. The van der Waals surface area contributed by atoms with Gasteiger partial charge in [0.05, 0.1) is 30.2 Å². The molecule has 2 atom stereocenters. The third kappa shape index (κ3) is 2.72. The lowest BCUT2D eigenvalue weighted by molar-refractivity contribution is -0.00533. The Bertz CT molecular complexity index is 945. The van der Waals surface area contributed by atoms with Gasteiger partial charge in [-0.15, -0.1) is 0 Å². The number of morpholine rings is 1. The van der Waals surface area contributed by atoms with Crippen molar-refractivity contribution in [3.8, 4) is 11.5 Å². The Balaban J connectivity index is 1.88.